The summed E-state index contributed by atoms with van der Waals surface area (Å²) in [6.07, 6.45) is -1.06. The number of hydrogen-bond donors (Lipinski definition) is 1. The van der Waals surface area contributed by atoms with E-state index in [0.717, 1.165) is 18.2 Å². The molecule has 0 aliphatic heterocycles. The van der Waals surface area contributed by atoms with Gasteiger partial charge in [-0.25, -0.2) is 4.79 Å². The molecule has 0 unspecified atom stereocenters. The summed E-state index contributed by atoms with van der Waals surface area (Å²) in [5.74, 6) is -1.21. The molecule has 0 amide bonds. The highest BCUT2D eigenvalue weighted by atomic mass is 19.4. The smallest absolute Gasteiger partial charge is 0.418 e. The fraction of sp³-hybridized carbons (Fsp3) is 0.267. The molecule has 0 fully saturated rings. The van der Waals surface area contributed by atoms with Gasteiger partial charge >= 0.3 is 12.1 Å². The maximum atomic E-state index is 13.2. The molecular formula is C15H16F3NO2. The van der Waals surface area contributed by atoms with Crippen molar-refractivity contribution in [3.05, 3.63) is 48.1 Å². The summed E-state index contributed by atoms with van der Waals surface area (Å²) < 4.78 is 39.5. The molecule has 0 heterocycles. The standard InChI is InChI=1S/C15H16F3NO2/c1-3-9-19(4-2)13-7-5-11(6-8-14(20)21)10-12(13)15(16,17)18/h3,5-8,10H,1,4,9H2,2H3,(H,20,21)/b8-6+. The van der Waals surface area contributed by atoms with E-state index in [2.05, 4.69) is 6.58 Å². The maximum absolute atomic E-state index is 13.2. The van der Waals surface area contributed by atoms with E-state index in [-0.39, 0.29) is 11.3 Å². The second kappa shape index (κ2) is 6.97. The lowest BCUT2D eigenvalue weighted by Gasteiger charge is -2.25. The summed E-state index contributed by atoms with van der Waals surface area (Å²) in [4.78, 5) is 12.0. The summed E-state index contributed by atoms with van der Waals surface area (Å²) in [6, 6.07) is 3.74. The molecule has 0 aromatic heterocycles. The summed E-state index contributed by atoms with van der Waals surface area (Å²) >= 11 is 0. The molecular weight excluding hydrogens is 283 g/mol. The van der Waals surface area contributed by atoms with Crippen LogP contribution in [0.5, 0.6) is 0 Å². The quantitative estimate of drug-likeness (QED) is 0.641. The molecule has 1 rings (SSSR count). The number of hydrogen-bond acceptors (Lipinski definition) is 2. The Labute approximate surface area is 121 Å². The second-order valence-electron chi connectivity index (χ2n) is 4.27. The molecule has 0 atom stereocenters. The third-order valence-electron chi connectivity index (χ3n) is 2.82. The minimum atomic E-state index is -4.52. The fourth-order valence-electron chi connectivity index (χ4n) is 1.88. The lowest BCUT2D eigenvalue weighted by atomic mass is 10.1. The zero-order valence-corrected chi connectivity index (χ0v) is 11.5. The average molecular weight is 299 g/mol. The highest BCUT2D eigenvalue weighted by Crippen LogP contribution is 2.37. The minimum Gasteiger partial charge on any atom is -0.478 e. The highest BCUT2D eigenvalue weighted by Gasteiger charge is 2.34. The van der Waals surface area contributed by atoms with Crippen molar-refractivity contribution in [3.63, 3.8) is 0 Å². The number of alkyl halides is 3. The molecule has 0 bridgehead atoms. The molecule has 21 heavy (non-hydrogen) atoms. The Morgan fingerprint density at radius 3 is 2.57 bits per heavy atom. The first-order chi connectivity index (χ1) is 9.79. The Hall–Kier alpha value is -2.24. The van der Waals surface area contributed by atoms with Crippen LogP contribution in [0.3, 0.4) is 0 Å². The van der Waals surface area contributed by atoms with Crippen LogP contribution >= 0.6 is 0 Å². The van der Waals surface area contributed by atoms with Crippen LogP contribution in [0.2, 0.25) is 0 Å². The van der Waals surface area contributed by atoms with Crippen LogP contribution in [0, 0.1) is 0 Å². The molecule has 3 nitrogen and oxygen atoms in total. The first kappa shape index (κ1) is 16.8. The van der Waals surface area contributed by atoms with E-state index < -0.39 is 17.7 Å². The molecule has 6 heteroatoms. The van der Waals surface area contributed by atoms with Gasteiger partial charge in [0.2, 0.25) is 0 Å². The highest BCUT2D eigenvalue weighted by molar-refractivity contribution is 5.85. The molecule has 0 saturated carbocycles. The van der Waals surface area contributed by atoms with E-state index in [4.69, 9.17) is 5.11 Å². The summed E-state index contributed by atoms with van der Waals surface area (Å²) in [6.45, 7) is 5.98. The van der Waals surface area contributed by atoms with Crippen LogP contribution in [0.4, 0.5) is 18.9 Å². The molecule has 0 spiro atoms. The van der Waals surface area contributed by atoms with Crippen molar-refractivity contribution in [1.82, 2.24) is 0 Å². The number of likely N-dealkylation sites (N-methyl/N-ethyl adjacent to an activating group) is 1. The molecule has 1 aromatic carbocycles. The van der Waals surface area contributed by atoms with Gasteiger partial charge in [-0.05, 0) is 30.7 Å². The van der Waals surface area contributed by atoms with Crippen LogP contribution in [0.1, 0.15) is 18.1 Å². The van der Waals surface area contributed by atoms with E-state index in [1.54, 1.807) is 11.8 Å². The Balaban J connectivity index is 3.32. The van der Waals surface area contributed by atoms with Crippen molar-refractivity contribution in [3.8, 4) is 0 Å². The van der Waals surface area contributed by atoms with Gasteiger partial charge in [0, 0.05) is 24.9 Å². The van der Waals surface area contributed by atoms with E-state index in [0.29, 0.717) is 13.1 Å². The van der Waals surface area contributed by atoms with Crippen molar-refractivity contribution in [2.45, 2.75) is 13.1 Å². The number of anilines is 1. The van der Waals surface area contributed by atoms with Crippen molar-refractivity contribution in [2.75, 3.05) is 18.0 Å². The maximum Gasteiger partial charge on any atom is 0.418 e. The Morgan fingerprint density at radius 1 is 1.43 bits per heavy atom. The molecule has 0 aliphatic carbocycles. The molecule has 1 N–H and O–H groups in total. The molecule has 0 aliphatic rings. The van der Waals surface area contributed by atoms with Crippen LogP contribution in [-0.4, -0.2) is 24.2 Å². The first-order valence-electron chi connectivity index (χ1n) is 6.27. The van der Waals surface area contributed by atoms with Crippen LogP contribution in [0.15, 0.2) is 36.9 Å². The van der Waals surface area contributed by atoms with Gasteiger partial charge in [-0.15, -0.1) is 6.58 Å². The SMILES string of the molecule is C=CCN(CC)c1ccc(/C=C/C(=O)O)cc1C(F)(F)F. The van der Waals surface area contributed by atoms with E-state index >= 15 is 0 Å². The average Bonchev–Trinajstić information content (AvgIpc) is 2.41. The third kappa shape index (κ3) is 4.66. The number of carboxylic acids is 1. The topological polar surface area (TPSA) is 40.5 Å². The summed E-state index contributed by atoms with van der Waals surface area (Å²) in [5.41, 5.74) is -0.556. The zero-order valence-electron chi connectivity index (χ0n) is 11.5. The monoisotopic (exact) mass is 299 g/mol. The fourth-order valence-corrected chi connectivity index (χ4v) is 1.88. The first-order valence-corrected chi connectivity index (χ1v) is 6.27. The Bertz CT molecular complexity index is 550. The van der Waals surface area contributed by atoms with Gasteiger partial charge in [-0.2, -0.15) is 13.2 Å². The van der Waals surface area contributed by atoms with Crippen LogP contribution < -0.4 is 4.90 Å². The third-order valence-corrected chi connectivity index (χ3v) is 2.82. The molecule has 0 radical (unpaired) electrons. The normalized spacial score (nSPS) is 11.6. The van der Waals surface area contributed by atoms with Gasteiger partial charge in [0.25, 0.3) is 0 Å². The van der Waals surface area contributed by atoms with Gasteiger partial charge in [-0.1, -0.05) is 12.1 Å². The van der Waals surface area contributed by atoms with Gasteiger partial charge in [0.05, 0.1) is 5.56 Å². The number of benzene rings is 1. The number of nitrogens with zero attached hydrogens (tertiary/aromatic N) is 1. The predicted octanol–water partition coefficient (Wildman–Crippen LogP) is 3.82. The lowest BCUT2D eigenvalue weighted by Crippen LogP contribution is -2.25. The predicted molar refractivity (Wildman–Crippen MR) is 76.2 cm³/mol. The van der Waals surface area contributed by atoms with Gasteiger partial charge in [0.1, 0.15) is 0 Å². The summed E-state index contributed by atoms with van der Waals surface area (Å²) in [7, 11) is 0. The van der Waals surface area contributed by atoms with Crippen molar-refractivity contribution >= 4 is 17.7 Å². The van der Waals surface area contributed by atoms with Crippen molar-refractivity contribution in [1.29, 1.82) is 0 Å². The number of rotatable bonds is 6. The van der Waals surface area contributed by atoms with Crippen molar-refractivity contribution in [2.24, 2.45) is 0 Å². The largest absolute Gasteiger partial charge is 0.478 e. The second-order valence-corrected chi connectivity index (χ2v) is 4.27. The van der Waals surface area contributed by atoms with Crippen LogP contribution in [0.25, 0.3) is 6.08 Å². The Kier molecular flexibility index (Phi) is 5.58. The lowest BCUT2D eigenvalue weighted by molar-refractivity contribution is -0.137. The number of carboxylic acid groups (broad SMARTS) is 1. The number of carbonyl (C=O) groups is 1. The van der Waals surface area contributed by atoms with E-state index in [1.807, 2.05) is 0 Å². The molecule has 1 aromatic rings. The molecule has 114 valence electrons. The summed E-state index contributed by atoms with van der Waals surface area (Å²) in [5, 5.41) is 8.53. The Morgan fingerprint density at radius 2 is 2.10 bits per heavy atom. The molecule has 0 saturated heterocycles. The zero-order chi connectivity index (χ0) is 16.0. The van der Waals surface area contributed by atoms with Gasteiger partial charge in [0.15, 0.2) is 0 Å². The number of halogens is 3. The van der Waals surface area contributed by atoms with E-state index in [9.17, 15) is 18.0 Å². The van der Waals surface area contributed by atoms with Crippen molar-refractivity contribution < 1.29 is 23.1 Å². The van der Waals surface area contributed by atoms with Gasteiger partial charge in [-0.3, -0.25) is 0 Å². The van der Waals surface area contributed by atoms with E-state index in [1.165, 1.54) is 18.2 Å². The number of aliphatic carboxylic acids is 1. The van der Waals surface area contributed by atoms with Crippen LogP contribution in [-0.2, 0) is 11.0 Å². The van der Waals surface area contributed by atoms with Gasteiger partial charge < -0.3 is 10.0 Å². The minimum absolute atomic E-state index is 0.0531.